The Labute approximate surface area is 112 Å². The van der Waals surface area contributed by atoms with Gasteiger partial charge in [0, 0.05) is 18.8 Å². The maximum Gasteiger partial charge on any atom is 0.137 e. The van der Waals surface area contributed by atoms with Crippen LogP contribution in [0.25, 0.3) is 0 Å². The number of fused-ring (bicyclic) bond motifs is 1. The Bertz CT molecular complexity index is 580. The van der Waals surface area contributed by atoms with E-state index in [0.29, 0.717) is 0 Å². The van der Waals surface area contributed by atoms with Gasteiger partial charge < -0.3 is 15.4 Å². The average Bonchev–Trinajstić information content (AvgIpc) is 2.47. The van der Waals surface area contributed by atoms with Gasteiger partial charge in [0.2, 0.25) is 0 Å². The number of hydrogen-bond acceptors (Lipinski definition) is 4. The molecule has 1 aromatic carbocycles. The average molecular weight is 255 g/mol. The van der Waals surface area contributed by atoms with E-state index in [-0.39, 0.29) is 0 Å². The number of methoxy groups -OCH3 is 1. The van der Waals surface area contributed by atoms with E-state index >= 15 is 0 Å². The third-order valence-corrected chi connectivity index (χ3v) is 3.58. The number of ether oxygens (including phenoxy) is 1. The van der Waals surface area contributed by atoms with E-state index in [1.54, 1.807) is 13.3 Å². The van der Waals surface area contributed by atoms with Gasteiger partial charge in [0.05, 0.1) is 13.3 Å². The third kappa shape index (κ3) is 2.21. The predicted molar refractivity (Wildman–Crippen MR) is 76.4 cm³/mol. The van der Waals surface area contributed by atoms with Gasteiger partial charge in [-0.25, -0.2) is 4.98 Å². The number of nitrogens with two attached hydrogens (primary N) is 1. The zero-order valence-electron chi connectivity index (χ0n) is 11.0. The molecule has 0 bridgehead atoms. The first-order valence-electron chi connectivity index (χ1n) is 6.39. The van der Waals surface area contributed by atoms with E-state index in [9.17, 15) is 0 Å². The van der Waals surface area contributed by atoms with Crippen LogP contribution in [0.1, 0.15) is 11.1 Å². The quantitative estimate of drug-likeness (QED) is 0.836. The van der Waals surface area contributed by atoms with Gasteiger partial charge >= 0.3 is 0 Å². The molecular weight excluding hydrogens is 238 g/mol. The molecule has 4 nitrogen and oxygen atoms in total. The van der Waals surface area contributed by atoms with Crippen molar-refractivity contribution in [1.29, 1.82) is 0 Å². The maximum absolute atomic E-state index is 6.01. The maximum atomic E-state index is 6.01. The Kier molecular flexibility index (Phi) is 2.99. The number of anilines is 2. The van der Waals surface area contributed by atoms with Gasteiger partial charge in [0.15, 0.2) is 0 Å². The third-order valence-electron chi connectivity index (χ3n) is 3.58. The Hall–Kier alpha value is -2.23. The second-order valence-corrected chi connectivity index (χ2v) is 4.71. The van der Waals surface area contributed by atoms with Crippen LogP contribution in [-0.4, -0.2) is 18.6 Å². The monoisotopic (exact) mass is 255 g/mol. The van der Waals surface area contributed by atoms with Gasteiger partial charge in [0.1, 0.15) is 11.6 Å². The van der Waals surface area contributed by atoms with Crippen molar-refractivity contribution in [2.24, 2.45) is 0 Å². The lowest BCUT2D eigenvalue weighted by Crippen LogP contribution is -2.31. The minimum atomic E-state index is 0.783. The summed E-state index contributed by atoms with van der Waals surface area (Å²) in [6.45, 7) is 1.81. The van der Waals surface area contributed by atoms with Crippen molar-refractivity contribution in [3.63, 3.8) is 0 Å². The number of hydrogen-bond donors (Lipinski definition) is 1. The zero-order valence-corrected chi connectivity index (χ0v) is 11.0. The smallest absolute Gasteiger partial charge is 0.137 e. The first kappa shape index (κ1) is 11.8. The second kappa shape index (κ2) is 4.80. The van der Waals surface area contributed by atoms with E-state index < -0.39 is 0 Å². The van der Waals surface area contributed by atoms with Gasteiger partial charge in [-0.2, -0.15) is 0 Å². The van der Waals surface area contributed by atoms with Crippen molar-refractivity contribution >= 4 is 11.5 Å². The summed E-state index contributed by atoms with van der Waals surface area (Å²) in [5, 5.41) is 0. The Morgan fingerprint density at radius 1 is 1.26 bits per heavy atom. The van der Waals surface area contributed by atoms with Gasteiger partial charge in [-0.3, -0.25) is 0 Å². The minimum Gasteiger partial charge on any atom is -0.495 e. The minimum absolute atomic E-state index is 0.783. The summed E-state index contributed by atoms with van der Waals surface area (Å²) in [6.07, 6.45) is 2.72. The van der Waals surface area contributed by atoms with Crippen molar-refractivity contribution in [2.45, 2.75) is 13.0 Å². The van der Waals surface area contributed by atoms with Crippen molar-refractivity contribution in [2.75, 3.05) is 24.3 Å². The summed E-state index contributed by atoms with van der Waals surface area (Å²) >= 11 is 0. The number of nitrogens with zero attached hydrogens (tertiary/aromatic N) is 2. The second-order valence-electron chi connectivity index (χ2n) is 4.71. The molecule has 4 heteroatoms. The topological polar surface area (TPSA) is 51.4 Å². The number of pyridine rings is 1. The molecule has 0 amide bonds. The highest BCUT2D eigenvalue weighted by Crippen LogP contribution is 2.27. The normalized spacial score (nSPS) is 14.1. The Balaban J connectivity index is 1.85. The molecule has 2 aromatic rings. The molecular formula is C15H17N3O. The van der Waals surface area contributed by atoms with Gasteiger partial charge in [0.25, 0.3) is 0 Å². The largest absolute Gasteiger partial charge is 0.495 e. The molecule has 0 unspecified atom stereocenters. The highest BCUT2D eigenvalue weighted by molar-refractivity contribution is 5.55. The van der Waals surface area contributed by atoms with Crippen molar-refractivity contribution in [1.82, 2.24) is 4.98 Å². The molecule has 1 aliphatic rings. The fourth-order valence-corrected chi connectivity index (χ4v) is 2.51. The van der Waals surface area contributed by atoms with E-state index in [2.05, 4.69) is 16.0 Å². The van der Waals surface area contributed by atoms with Gasteiger partial charge in [-0.15, -0.1) is 0 Å². The molecule has 0 saturated heterocycles. The van der Waals surface area contributed by atoms with Crippen molar-refractivity contribution in [3.05, 3.63) is 47.7 Å². The van der Waals surface area contributed by atoms with E-state index in [0.717, 1.165) is 36.8 Å². The van der Waals surface area contributed by atoms with Crippen molar-refractivity contribution in [3.8, 4) is 5.75 Å². The van der Waals surface area contributed by atoms with Crippen LogP contribution in [0.4, 0.5) is 11.5 Å². The van der Waals surface area contributed by atoms with Crippen LogP contribution in [-0.2, 0) is 13.0 Å². The number of nitrogen functional groups attached to an aromatic ring is 1. The van der Waals surface area contributed by atoms with Crippen LogP contribution in [0.2, 0.25) is 0 Å². The van der Waals surface area contributed by atoms with Crippen LogP contribution >= 0.6 is 0 Å². The number of rotatable bonds is 2. The summed E-state index contributed by atoms with van der Waals surface area (Å²) in [5.41, 5.74) is 9.50. The molecule has 3 rings (SSSR count). The van der Waals surface area contributed by atoms with Gasteiger partial charge in [-0.05, 0) is 35.7 Å². The first-order chi connectivity index (χ1) is 9.28. The molecule has 0 saturated carbocycles. The molecule has 98 valence electrons. The summed E-state index contributed by atoms with van der Waals surface area (Å²) in [6, 6.07) is 10.1. The predicted octanol–water partition coefficient (Wildman–Crippen LogP) is 2.24. The molecule has 1 aromatic heterocycles. The SMILES string of the molecule is COc1ccc(N2CCc3c(N)cccc3C2)nc1. The molecule has 0 atom stereocenters. The highest BCUT2D eigenvalue weighted by atomic mass is 16.5. The van der Waals surface area contributed by atoms with E-state index in [1.807, 2.05) is 24.3 Å². The number of aromatic nitrogens is 1. The summed E-state index contributed by atoms with van der Waals surface area (Å²) in [5.74, 6) is 1.76. The lowest BCUT2D eigenvalue weighted by molar-refractivity contribution is 0.413. The molecule has 2 N–H and O–H groups in total. The number of benzene rings is 1. The van der Waals surface area contributed by atoms with Crippen LogP contribution < -0.4 is 15.4 Å². The Morgan fingerprint density at radius 2 is 2.16 bits per heavy atom. The van der Waals surface area contributed by atoms with E-state index in [1.165, 1.54) is 11.1 Å². The summed E-state index contributed by atoms with van der Waals surface area (Å²) in [4.78, 5) is 6.70. The molecule has 0 fully saturated rings. The molecule has 0 radical (unpaired) electrons. The lowest BCUT2D eigenvalue weighted by atomic mass is 9.98. The zero-order chi connectivity index (χ0) is 13.2. The van der Waals surface area contributed by atoms with Crippen LogP contribution in [0, 0.1) is 0 Å². The summed E-state index contributed by atoms with van der Waals surface area (Å²) in [7, 11) is 1.65. The fourth-order valence-electron chi connectivity index (χ4n) is 2.51. The standard InChI is InChI=1S/C15H17N3O/c1-19-12-5-6-15(17-9-12)18-8-7-13-11(10-18)3-2-4-14(13)16/h2-6,9H,7-8,10,16H2,1H3. The molecule has 1 aliphatic heterocycles. The molecule has 0 aliphatic carbocycles. The van der Waals surface area contributed by atoms with Crippen LogP contribution in [0.15, 0.2) is 36.5 Å². The Morgan fingerprint density at radius 3 is 2.89 bits per heavy atom. The van der Waals surface area contributed by atoms with Crippen LogP contribution in [0.5, 0.6) is 5.75 Å². The first-order valence-corrected chi connectivity index (χ1v) is 6.39. The summed E-state index contributed by atoms with van der Waals surface area (Å²) < 4.78 is 5.13. The van der Waals surface area contributed by atoms with Crippen molar-refractivity contribution < 1.29 is 4.74 Å². The molecule has 0 spiro atoms. The molecule has 2 heterocycles. The lowest BCUT2D eigenvalue weighted by Gasteiger charge is -2.30. The van der Waals surface area contributed by atoms with E-state index in [4.69, 9.17) is 10.5 Å². The fraction of sp³-hybridized carbons (Fsp3) is 0.267. The highest BCUT2D eigenvalue weighted by Gasteiger charge is 2.18. The van der Waals surface area contributed by atoms with Gasteiger partial charge in [-0.1, -0.05) is 12.1 Å². The van der Waals surface area contributed by atoms with Crippen LogP contribution in [0.3, 0.4) is 0 Å². The molecule has 19 heavy (non-hydrogen) atoms.